The molecule has 0 spiro atoms. The summed E-state index contributed by atoms with van der Waals surface area (Å²) in [4.78, 5) is 0. The average Bonchev–Trinajstić information content (AvgIpc) is 2.31. The molecule has 0 bridgehead atoms. The molecule has 2 heteroatoms. The Morgan fingerprint density at radius 1 is 1.29 bits per heavy atom. The second kappa shape index (κ2) is 6.77. The van der Waals surface area contributed by atoms with Gasteiger partial charge in [0.1, 0.15) is 0 Å². The molecule has 96 valence electrons. The van der Waals surface area contributed by atoms with Crippen molar-refractivity contribution in [3.8, 4) is 0 Å². The highest BCUT2D eigenvalue weighted by molar-refractivity contribution is 5.32. The first-order valence-corrected chi connectivity index (χ1v) is 6.53. The number of rotatable bonds is 6. The fourth-order valence-corrected chi connectivity index (χ4v) is 1.89. The van der Waals surface area contributed by atoms with Gasteiger partial charge in [0.05, 0.1) is 6.10 Å². The molecule has 0 saturated heterocycles. The van der Waals surface area contributed by atoms with Crippen LogP contribution in [0, 0.1) is 13.8 Å². The number of hydrogen-bond donors (Lipinski definition) is 2. The van der Waals surface area contributed by atoms with E-state index in [1.165, 1.54) is 11.1 Å². The van der Waals surface area contributed by atoms with Gasteiger partial charge in [-0.3, -0.25) is 0 Å². The van der Waals surface area contributed by atoms with E-state index in [1.807, 2.05) is 0 Å². The molecule has 0 amide bonds. The Balaban J connectivity index is 2.52. The number of nitrogens with one attached hydrogen (secondary N) is 1. The summed E-state index contributed by atoms with van der Waals surface area (Å²) in [5.41, 5.74) is 3.45. The molecule has 2 atom stereocenters. The molecule has 0 aliphatic rings. The highest BCUT2D eigenvalue weighted by Crippen LogP contribution is 2.21. The van der Waals surface area contributed by atoms with E-state index in [0.717, 1.165) is 24.9 Å². The fraction of sp³-hybridized carbons (Fsp3) is 0.600. The highest BCUT2D eigenvalue weighted by atomic mass is 16.3. The Kier molecular flexibility index (Phi) is 5.66. The number of aliphatic hydroxyl groups is 1. The van der Waals surface area contributed by atoms with Crippen molar-refractivity contribution in [1.82, 2.24) is 5.32 Å². The fourth-order valence-electron chi connectivity index (χ4n) is 1.89. The SMILES string of the molecule is CCC(C)NCCC(O)c1cc(C)ccc1C. The van der Waals surface area contributed by atoms with Gasteiger partial charge in [0.2, 0.25) is 0 Å². The first-order chi connectivity index (χ1) is 8.04. The Hall–Kier alpha value is -0.860. The van der Waals surface area contributed by atoms with Crippen molar-refractivity contribution < 1.29 is 5.11 Å². The van der Waals surface area contributed by atoms with E-state index >= 15 is 0 Å². The molecule has 0 saturated carbocycles. The van der Waals surface area contributed by atoms with Crippen LogP contribution in [-0.2, 0) is 0 Å². The molecule has 1 aromatic carbocycles. The monoisotopic (exact) mass is 235 g/mol. The van der Waals surface area contributed by atoms with E-state index in [2.05, 4.69) is 51.2 Å². The van der Waals surface area contributed by atoms with Crippen molar-refractivity contribution in [3.05, 3.63) is 34.9 Å². The summed E-state index contributed by atoms with van der Waals surface area (Å²) >= 11 is 0. The molecule has 2 nitrogen and oxygen atoms in total. The van der Waals surface area contributed by atoms with Gasteiger partial charge in [0.15, 0.2) is 0 Å². The maximum Gasteiger partial charge on any atom is 0.0804 e. The van der Waals surface area contributed by atoms with E-state index in [4.69, 9.17) is 0 Å². The average molecular weight is 235 g/mol. The second-order valence-electron chi connectivity index (χ2n) is 4.93. The summed E-state index contributed by atoms with van der Waals surface area (Å²) < 4.78 is 0. The smallest absolute Gasteiger partial charge is 0.0804 e. The largest absolute Gasteiger partial charge is 0.388 e. The minimum absolute atomic E-state index is 0.355. The number of hydrogen-bond acceptors (Lipinski definition) is 2. The Bertz CT molecular complexity index is 349. The van der Waals surface area contributed by atoms with Crippen molar-refractivity contribution in [2.45, 2.75) is 52.7 Å². The molecule has 2 unspecified atom stereocenters. The molecular weight excluding hydrogens is 210 g/mol. The predicted molar refractivity (Wildman–Crippen MR) is 73.2 cm³/mol. The Morgan fingerprint density at radius 2 is 2.00 bits per heavy atom. The van der Waals surface area contributed by atoms with Crippen LogP contribution in [0.15, 0.2) is 18.2 Å². The summed E-state index contributed by atoms with van der Waals surface area (Å²) in [6.07, 6.45) is 1.54. The van der Waals surface area contributed by atoms with Crippen molar-refractivity contribution in [2.75, 3.05) is 6.54 Å². The van der Waals surface area contributed by atoms with Crippen molar-refractivity contribution in [1.29, 1.82) is 0 Å². The van der Waals surface area contributed by atoms with E-state index in [-0.39, 0.29) is 6.10 Å². The van der Waals surface area contributed by atoms with Crippen LogP contribution in [0.5, 0.6) is 0 Å². The van der Waals surface area contributed by atoms with E-state index in [1.54, 1.807) is 0 Å². The zero-order valence-electron chi connectivity index (χ0n) is 11.5. The number of benzene rings is 1. The second-order valence-corrected chi connectivity index (χ2v) is 4.93. The van der Waals surface area contributed by atoms with Gasteiger partial charge >= 0.3 is 0 Å². The lowest BCUT2D eigenvalue weighted by Crippen LogP contribution is -2.27. The van der Waals surface area contributed by atoms with Gasteiger partial charge in [0.25, 0.3) is 0 Å². The van der Waals surface area contributed by atoms with Crippen LogP contribution in [0.3, 0.4) is 0 Å². The molecule has 0 aliphatic heterocycles. The summed E-state index contributed by atoms with van der Waals surface area (Å²) in [5, 5.41) is 13.6. The Labute approximate surface area is 105 Å². The lowest BCUT2D eigenvalue weighted by atomic mass is 9.99. The molecule has 0 aliphatic carbocycles. The van der Waals surface area contributed by atoms with Crippen LogP contribution >= 0.6 is 0 Å². The van der Waals surface area contributed by atoms with Gasteiger partial charge < -0.3 is 10.4 Å². The molecule has 1 aromatic rings. The predicted octanol–water partition coefficient (Wildman–Crippen LogP) is 3.12. The van der Waals surface area contributed by atoms with Gasteiger partial charge in [-0.05, 0) is 51.3 Å². The third-order valence-corrected chi connectivity index (χ3v) is 3.32. The minimum atomic E-state index is -0.355. The summed E-state index contributed by atoms with van der Waals surface area (Å²) in [7, 11) is 0. The van der Waals surface area contributed by atoms with Crippen molar-refractivity contribution >= 4 is 0 Å². The van der Waals surface area contributed by atoms with Crippen LogP contribution in [-0.4, -0.2) is 17.7 Å². The lowest BCUT2D eigenvalue weighted by molar-refractivity contribution is 0.165. The van der Waals surface area contributed by atoms with Crippen LogP contribution < -0.4 is 5.32 Å². The van der Waals surface area contributed by atoms with Crippen molar-refractivity contribution in [2.24, 2.45) is 0 Å². The van der Waals surface area contributed by atoms with Crippen LogP contribution in [0.25, 0.3) is 0 Å². The minimum Gasteiger partial charge on any atom is -0.388 e. The maximum absolute atomic E-state index is 10.2. The zero-order valence-corrected chi connectivity index (χ0v) is 11.5. The maximum atomic E-state index is 10.2. The van der Waals surface area contributed by atoms with Crippen LogP contribution in [0.4, 0.5) is 0 Å². The molecule has 0 heterocycles. The molecule has 0 aromatic heterocycles. The lowest BCUT2D eigenvalue weighted by Gasteiger charge is -2.16. The summed E-state index contributed by atoms with van der Waals surface area (Å²) in [6, 6.07) is 6.78. The van der Waals surface area contributed by atoms with Gasteiger partial charge in [-0.15, -0.1) is 0 Å². The van der Waals surface area contributed by atoms with E-state index in [0.29, 0.717) is 6.04 Å². The van der Waals surface area contributed by atoms with Crippen LogP contribution in [0.2, 0.25) is 0 Å². The van der Waals surface area contributed by atoms with Crippen LogP contribution in [0.1, 0.15) is 49.5 Å². The standard InChI is InChI=1S/C15H25NO/c1-5-13(4)16-9-8-15(17)14-10-11(2)6-7-12(14)3/h6-7,10,13,15-17H,5,8-9H2,1-4H3. The van der Waals surface area contributed by atoms with Crippen molar-refractivity contribution in [3.63, 3.8) is 0 Å². The summed E-state index contributed by atoms with van der Waals surface area (Å²) in [6.45, 7) is 9.32. The van der Waals surface area contributed by atoms with Gasteiger partial charge in [-0.25, -0.2) is 0 Å². The first kappa shape index (κ1) is 14.2. The molecule has 17 heavy (non-hydrogen) atoms. The molecule has 0 fully saturated rings. The normalized spacial score (nSPS) is 14.6. The number of aliphatic hydroxyl groups excluding tert-OH is 1. The topological polar surface area (TPSA) is 32.3 Å². The summed E-state index contributed by atoms with van der Waals surface area (Å²) in [5.74, 6) is 0. The van der Waals surface area contributed by atoms with Gasteiger partial charge in [0, 0.05) is 6.04 Å². The highest BCUT2D eigenvalue weighted by Gasteiger charge is 2.10. The third kappa shape index (κ3) is 4.49. The molecular formula is C15H25NO. The van der Waals surface area contributed by atoms with E-state index in [9.17, 15) is 5.11 Å². The first-order valence-electron chi connectivity index (χ1n) is 6.53. The molecule has 1 rings (SSSR count). The Morgan fingerprint density at radius 3 is 2.65 bits per heavy atom. The van der Waals surface area contributed by atoms with Gasteiger partial charge in [-0.1, -0.05) is 30.7 Å². The zero-order chi connectivity index (χ0) is 12.8. The van der Waals surface area contributed by atoms with E-state index < -0.39 is 0 Å². The third-order valence-electron chi connectivity index (χ3n) is 3.32. The molecule has 0 radical (unpaired) electrons. The molecule has 2 N–H and O–H groups in total. The quantitative estimate of drug-likeness (QED) is 0.794. The van der Waals surface area contributed by atoms with Gasteiger partial charge in [-0.2, -0.15) is 0 Å². The number of aryl methyl sites for hydroxylation is 2.